The summed E-state index contributed by atoms with van der Waals surface area (Å²) in [5.41, 5.74) is 1.04. The zero-order valence-electron chi connectivity index (χ0n) is 10.9. The first-order valence-corrected chi connectivity index (χ1v) is 8.04. The first kappa shape index (κ1) is 12.9. The number of benzene rings is 1. The van der Waals surface area contributed by atoms with Gasteiger partial charge in [0.2, 0.25) is 0 Å². The molecule has 0 N–H and O–H groups in total. The Morgan fingerprint density at radius 2 is 2.16 bits per heavy atom. The summed E-state index contributed by atoms with van der Waals surface area (Å²) in [6.07, 6.45) is 6.71. The second-order valence-electron chi connectivity index (χ2n) is 5.04. The highest BCUT2D eigenvalue weighted by atomic mass is 79.9. The van der Waals surface area contributed by atoms with E-state index in [1.54, 1.807) is 6.33 Å². The molecule has 0 aliphatic carbocycles. The van der Waals surface area contributed by atoms with Crippen LogP contribution in [0.5, 0.6) is 0 Å². The van der Waals surface area contributed by atoms with E-state index in [9.17, 15) is 0 Å². The van der Waals surface area contributed by atoms with Crippen LogP contribution >= 0.6 is 15.9 Å². The fourth-order valence-corrected chi connectivity index (χ4v) is 3.27. The van der Waals surface area contributed by atoms with Crippen molar-refractivity contribution in [3.8, 4) is 0 Å². The highest BCUT2D eigenvalue weighted by Gasteiger charge is 2.26. The monoisotopic (exact) mass is 319 g/mol. The molecule has 0 spiro atoms. The number of rotatable bonds is 4. The number of nitrogens with zero attached hydrogens (tertiary/aromatic N) is 3. The number of anilines is 1. The summed E-state index contributed by atoms with van der Waals surface area (Å²) >= 11 is 3.53. The van der Waals surface area contributed by atoms with Crippen LogP contribution in [-0.4, -0.2) is 27.9 Å². The van der Waals surface area contributed by atoms with Crippen LogP contribution < -0.4 is 4.90 Å². The van der Waals surface area contributed by atoms with Gasteiger partial charge in [0.1, 0.15) is 12.1 Å². The van der Waals surface area contributed by atoms with Gasteiger partial charge in [-0.15, -0.1) is 0 Å². The van der Waals surface area contributed by atoms with Gasteiger partial charge in [0.15, 0.2) is 0 Å². The number of hydrogen-bond acceptors (Lipinski definition) is 3. The topological polar surface area (TPSA) is 29.0 Å². The summed E-state index contributed by atoms with van der Waals surface area (Å²) in [6, 6.07) is 8.93. The van der Waals surface area contributed by atoms with E-state index >= 15 is 0 Å². The lowest BCUT2D eigenvalue weighted by molar-refractivity contribution is 0.601. The summed E-state index contributed by atoms with van der Waals surface area (Å²) in [5, 5.41) is 2.26. The molecule has 0 radical (unpaired) electrons. The third-order valence-electron chi connectivity index (χ3n) is 3.84. The zero-order chi connectivity index (χ0) is 13.1. The van der Waals surface area contributed by atoms with Crippen LogP contribution in [-0.2, 0) is 0 Å². The Balaban J connectivity index is 1.94. The molecule has 1 saturated heterocycles. The summed E-state index contributed by atoms with van der Waals surface area (Å²) < 4.78 is 0. The van der Waals surface area contributed by atoms with Crippen molar-refractivity contribution in [2.24, 2.45) is 0 Å². The van der Waals surface area contributed by atoms with Gasteiger partial charge in [-0.05, 0) is 37.8 Å². The van der Waals surface area contributed by atoms with E-state index in [4.69, 9.17) is 0 Å². The molecule has 3 rings (SSSR count). The molecule has 19 heavy (non-hydrogen) atoms. The van der Waals surface area contributed by atoms with E-state index in [-0.39, 0.29) is 0 Å². The van der Waals surface area contributed by atoms with Crippen LogP contribution in [0.15, 0.2) is 30.6 Å². The van der Waals surface area contributed by atoms with E-state index in [2.05, 4.69) is 49.0 Å². The largest absolute Gasteiger partial charge is 0.353 e. The molecule has 3 nitrogen and oxygen atoms in total. The summed E-state index contributed by atoms with van der Waals surface area (Å²) in [4.78, 5) is 11.4. The van der Waals surface area contributed by atoms with E-state index in [0.29, 0.717) is 6.04 Å². The molecule has 100 valence electrons. The maximum atomic E-state index is 4.55. The predicted molar refractivity (Wildman–Crippen MR) is 82.9 cm³/mol. The number of alkyl halides is 1. The zero-order valence-corrected chi connectivity index (χ0v) is 12.5. The van der Waals surface area contributed by atoms with Crippen molar-refractivity contribution in [3.63, 3.8) is 0 Å². The molecule has 4 heteroatoms. The van der Waals surface area contributed by atoms with Gasteiger partial charge < -0.3 is 4.90 Å². The molecule has 1 aromatic carbocycles. The smallest absolute Gasteiger partial charge is 0.140 e. The van der Waals surface area contributed by atoms with Gasteiger partial charge in [-0.3, -0.25) is 0 Å². The van der Waals surface area contributed by atoms with Crippen LogP contribution in [0.3, 0.4) is 0 Å². The minimum atomic E-state index is 0.635. The molecule has 2 heterocycles. The van der Waals surface area contributed by atoms with Gasteiger partial charge in [0.25, 0.3) is 0 Å². The predicted octanol–water partition coefficient (Wildman–Crippen LogP) is 3.77. The van der Waals surface area contributed by atoms with Crippen LogP contribution in [0.4, 0.5) is 5.82 Å². The van der Waals surface area contributed by atoms with Gasteiger partial charge in [-0.2, -0.15) is 0 Å². The molecule has 1 unspecified atom stereocenters. The maximum Gasteiger partial charge on any atom is 0.140 e. The number of fused-ring (bicyclic) bond motifs is 1. The Morgan fingerprint density at radius 1 is 1.26 bits per heavy atom. The lowest BCUT2D eigenvalue weighted by Gasteiger charge is -2.26. The van der Waals surface area contributed by atoms with Crippen LogP contribution in [0.25, 0.3) is 10.9 Å². The quantitative estimate of drug-likeness (QED) is 0.803. The standard InChI is InChI=1S/C15H18BrN3/c16-9-3-5-12-6-4-10-19(12)15-13-7-1-2-8-14(13)17-11-18-15/h1-2,7-8,11-12H,3-6,9-10H2. The molecule has 1 aromatic heterocycles. The van der Waals surface area contributed by atoms with Crippen molar-refractivity contribution >= 4 is 32.7 Å². The molecule has 1 atom stereocenters. The molecule has 2 aromatic rings. The third kappa shape index (κ3) is 2.59. The normalized spacial score (nSPS) is 19.2. The third-order valence-corrected chi connectivity index (χ3v) is 4.40. The van der Waals surface area contributed by atoms with Gasteiger partial charge >= 0.3 is 0 Å². The molecule has 0 saturated carbocycles. The average molecular weight is 320 g/mol. The lowest BCUT2D eigenvalue weighted by atomic mass is 10.1. The van der Waals surface area contributed by atoms with E-state index in [1.807, 2.05) is 6.07 Å². The van der Waals surface area contributed by atoms with Gasteiger partial charge in [-0.1, -0.05) is 28.1 Å². The first-order chi connectivity index (χ1) is 9.40. The number of halogens is 1. The summed E-state index contributed by atoms with van der Waals surface area (Å²) in [5.74, 6) is 1.11. The Kier molecular flexibility index (Phi) is 3.97. The molecular formula is C15H18BrN3. The molecule has 0 amide bonds. The van der Waals surface area contributed by atoms with Crippen molar-refractivity contribution in [1.82, 2.24) is 9.97 Å². The summed E-state index contributed by atoms with van der Waals surface area (Å²) in [7, 11) is 0. The lowest BCUT2D eigenvalue weighted by Crippen LogP contribution is -2.30. The first-order valence-electron chi connectivity index (χ1n) is 6.92. The fraction of sp³-hybridized carbons (Fsp3) is 0.467. The number of para-hydroxylation sites is 1. The van der Waals surface area contributed by atoms with Crippen molar-refractivity contribution in [2.45, 2.75) is 31.7 Å². The molecule has 1 aliphatic rings. The number of aromatic nitrogens is 2. The molecule has 0 bridgehead atoms. The minimum Gasteiger partial charge on any atom is -0.353 e. The van der Waals surface area contributed by atoms with Gasteiger partial charge in [0, 0.05) is 23.3 Å². The van der Waals surface area contributed by atoms with Crippen LogP contribution in [0.1, 0.15) is 25.7 Å². The second kappa shape index (κ2) is 5.87. The van der Waals surface area contributed by atoms with E-state index in [0.717, 1.165) is 23.2 Å². The maximum absolute atomic E-state index is 4.55. The number of hydrogen-bond donors (Lipinski definition) is 0. The van der Waals surface area contributed by atoms with E-state index in [1.165, 1.54) is 31.1 Å². The van der Waals surface area contributed by atoms with Crippen molar-refractivity contribution in [2.75, 3.05) is 16.8 Å². The van der Waals surface area contributed by atoms with Crippen LogP contribution in [0.2, 0.25) is 0 Å². The van der Waals surface area contributed by atoms with E-state index < -0.39 is 0 Å². The van der Waals surface area contributed by atoms with Crippen LogP contribution in [0, 0.1) is 0 Å². The Bertz CT molecular complexity index is 553. The Hall–Kier alpha value is -1.16. The Morgan fingerprint density at radius 3 is 3.05 bits per heavy atom. The average Bonchev–Trinajstić information content (AvgIpc) is 2.92. The second-order valence-corrected chi connectivity index (χ2v) is 5.83. The Labute approximate surface area is 122 Å². The van der Waals surface area contributed by atoms with Gasteiger partial charge in [0.05, 0.1) is 5.52 Å². The fourth-order valence-electron chi connectivity index (χ4n) is 2.95. The van der Waals surface area contributed by atoms with Crippen molar-refractivity contribution in [3.05, 3.63) is 30.6 Å². The molecule has 1 aliphatic heterocycles. The highest BCUT2D eigenvalue weighted by molar-refractivity contribution is 9.09. The van der Waals surface area contributed by atoms with Gasteiger partial charge in [-0.25, -0.2) is 9.97 Å². The molecule has 1 fully saturated rings. The molecular weight excluding hydrogens is 302 g/mol. The minimum absolute atomic E-state index is 0.635. The van der Waals surface area contributed by atoms with Crippen molar-refractivity contribution < 1.29 is 0 Å². The SMILES string of the molecule is BrCCCC1CCCN1c1ncnc2ccccc12. The highest BCUT2D eigenvalue weighted by Crippen LogP contribution is 2.31. The van der Waals surface area contributed by atoms with Crippen molar-refractivity contribution in [1.29, 1.82) is 0 Å². The summed E-state index contributed by atoms with van der Waals surface area (Å²) in [6.45, 7) is 1.12.